The maximum absolute atomic E-state index is 11.2. The van der Waals surface area contributed by atoms with Gasteiger partial charge in [-0.3, -0.25) is 9.69 Å². The third kappa shape index (κ3) is 4.29. The summed E-state index contributed by atoms with van der Waals surface area (Å²) in [7, 11) is 1.44. The number of morpholine rings is 1. The van der Waals surface area contributed by atoms with Gasteiger partial charge in [-0.05, 0) is 32.4 Å². The number of esters is 1. The van der Waals surface area contributed by atoms with Crippen LogP contribution in [0.1, 0.15) is 38.4 Å². The first-order valence-corrected chi connectivity index (χ1v) is 7.51. The molecule has 2 rings (SSSR count). The standard InChI is InChI=1S/C17H25NO3/c1-17(2)13-21-15(14-8-5-4-6-9-14)12-18(17)11-7-10-16(19)20-3/h4-6,8-9,15H,7,10-13H2,1-3H3. The van der Waals surface area contributed by atoms with E-state index in [9.17, 15) is 4.79 Å². The smallest absolute Gasteiger partial charge is 0.305 e. The Balaban J connectivity index is 1.95. The zero-order valence-corrected chi connectivity index (χ0v) is 13.2. The Kier molecular flexibility index (Phi) is 5.37. The third-order valence-corrected chi connectivity index (χ3v) is 4.09. The summed E-state index contributed by atoms with van der Waals surface area (Å²) >= 11 is 0. The minimum absolute atomic E-state index is 0.00139. The lowest BCUT2D eigenvalue weighted by molar-refractivity contribution is -0.141. The largest absolute Gasteiger partial charge is 0.469 e. The van der Waals surface area contributed by atoms with Crippen LogP contribution in [0.15, 0.2) is 30.3 Å². The van der Waals surface area contributed by atoms with E-state index >= 15 is 0 Å². The van der Waals surface area contributed by atoms with E-state index in [1.165, 1.54) is 12.7 Å². The maximum Gasteiger partial charge on any atom is 0.305 e. The van der Waals surface area contributed by atoms with Gasteiger partial charge in [0.2, 0.25) is 0 Å². The van der Waals surface area contributed by atoms with Crippen molar-refractivity contribution in [1.29, 1.82) is 0 Å². The highest BCUT2D eigenvalue weighted by atomic mass is 16.5. The molecule has 1 fully saturated rings. The number of rotatable bonds is 5. The molecule has 116 valence electrons. The van der Waals surface area contributed by atoms with Crippen molar-refractivity contribution in [3.8, 4) is 0 Å². The van der Waals surface area contributed by atoms with Gasteiger partial charge in [0.1, 0.15) is 0 Å². The lowest BCUT2D eigenvalue weighted by Crippen LogP contribution is -2.54. The lowest BCUT2D eigenvalue weighted by atomic mass is 9.97. The molecule has 4 heteroatoms. The maximum atomic E-state index is 11.2. The molecule has 0 bridgehead atoms. The van der Waals surface area contributed by atoms with Gasteiger partial charge in [0, 0.05) is 18.5 Å². The van der Waals surface area contributed by atoms with Crippen LogP contribution >= 0.6 is 0 Å². The summed E-state index contributed by atoms with van der Waals surface area (Å²) in [4.78, 5) is 13.6. The summed E-state index contributed by atoms with van der Waals surface area (Å²) in [6.07, 6.45) is 1.40. The molecule has 1 aliphatic heterocycles. The third-order valence-electron chi connectivity index (χ3n) is 4.09. The molecular weight excluding hydrogens is 266 g/mol. The predicted molar refractivity (Wildman–Crippen MR) is 82.0 cm³/mol. The highest BCUT2D eigenvalue weighted by Crippen LogP contribution is 2.30. The molecule has 0 amide bonds. The molecule has 1 atom stereocenters. The van der Waals surface area contributed by atoms with Crippen LogP contribution in [-0.2, 0) is 14.3 Å². The summed E-state index contributed by atoms with van der Waals surface area (Å²) in [5.74, 6) is -0.138. The van der Waals surface area contributed by atoms with E-state index in [1.807, 2.05) is 18.2 Å². The minimum atomic E-state index is -0.138. The zero-order valence-electron chi connectivity index (χ0n) is 13.2. The van der Waals surface area contributed by atoms with E-state index in [4.69, 9.17) is 9.47 Å². The second-order valence-corrected chi connectivity index (χ2v) is 6.15. The molecule has 1 saturated heterocycles. The molecule has 0 N–H and O–H groups in total. The van der Waals surface area contributed by atoms with Gasteiger partial charge in [0.15, 0.2) is 0 Å². The Morgan fingerprint density at radius 2 is 2.10 bits per heavy atom. The first kappa shape index (κ1) is 16.0. The highest BCUT2D eigenvalue weighted by Gasteiger charge is 2.35. The van der Waals surface area contributed by atoms with E-state index in [1.54, 1.807) is 0 Å². The van der Waals surface area contributed by atoms with Gasteiger partial charge in [0.25, 0.3) is 0 Å². The topological polar surface area (TPSA) is 38.8 Å². The van der Waals surface area contributed by atoms with Gasteiger partial charge in [-0.2, -0.15) is 0 Å². The molecule has 1 unspecified atom stereocenters. The average Bonchev–Trinajstić information content (AvgIpc) is 2.49. The van der Waals surface area contributed by atoms with Crippen LogP contribution in [0.25, 0.3) is 0 Å². The number of hydrogen-bond donors (Lipinski definition) is 0. The molecular formula is C17H25NO3. The average molecular weight is 291 g/mol. The molecule has 0 aromatic heterocycles. The number of methoxy groups -OCH3 is 1. The summed E-state index contributed by atoms with van der Waals surface area (Å²) < 4.78 is 10.7. The molecule has 1 aliphatic rings. The van der Waals surface area contributed by atoms with Crippen molar-refractivity contribution in [3.63, 3.8) is 0 Å². The van der Waals surface area contributed by atoms with Gasteiger partial charge in [0.05, 0.1) is 19.8 Å². The van der Waals surface area contributed by atoms with Crippen molar-refractivity contribution < 1.29 is 14.3 Å². The van der Waals surface area contributed by atoms with Crippen LogP contribution in [0, 0.1) is 0 Å². The van der Waals surface area contributed by atoms with Gasteiger partial charge in [-0.15, -0.1) is 0 Å². The van der Waals surface area contributed by atoms with Crippen molar-refractivity contribution >= 4 is 5.97 Å². The van der Waals surface area contributed by atoms with Gasteiger partial charge < -0.3 is 9.47 Å². The van der Waals surface area contributed by atoms with Crippen molar-refractivity contribution in [2.75, 3.05) is 26.8 Å². The number of ether oxygens (including phenoxy) is 2. The van der Waals surface area contributed by atoms with Crippen LogP contribution in [0.4, 0.5) is 0 Å². The minimum Gasteiger partial charge on any atom is -0.469 e. The van der Waals surface area contributed by atoms with Crippen LogP contribution in [-0.4, -0.2) is 43.2 Å². The summed E-state index contributed by atoms with van der Waals surface area (Å²) in [6.45, 7) is 6.82. The Bertz CT molecular complexity index is 458. The predicted octanol–water partition coefficient (Wildman–Crippen LogP) is 2.79. The Hall–Kier alpha value is -1.39. The Labute approximate surface area is 127 Å². The summed E-state index contributed by atoms with van der Waals surface area (Å²) in [5.41, 5.74) is 1.22. The van der Waals surface area contributed by atoms with Crippen LogP contribution < -0.4 is 0 Å². The fourth-order valence-electron chi connectivity index (χ4n) is 2.68. The fraction of sp³-hybridized carbons (Fsp3) is 0.588. The normalized spacial score (nSPS) is 22.0. The summed E-state index contributed by atoms with van der Waals surface area (Å²) in [6, 6.07) is 10.3. The van der Waals surface area contributed by atoms with Crippen LogP contribution in [0.5, 0.6) is 0 Å². The van der Waals surface area contributed by atoms with Crippen molar-refractivity contribution in [3.05, 3.63) is 35.9 Å². The number of carbonyl (C=O) groups excluding carboxylic acids is 1. The molecule has 1 aromatic rings. The summed E-state index contributed by atoms with van der Waals surface area (Å²) in [5, 5.41) is 0. The number of carbonyl (C=O) groups is 1. The molecule has 0 aliphatic carbocycles. The first-order chi connectivity index (χ1) is 10.0. The van der Waals surface area contributed by atoms with E-state index in [2.05, 4.69) is 30.9 Å². The van der Waals surface area contributed by atoms with Crippen molar-refractivity contribution in [1.82, 2.24) is 4.90 Å². The van der Waals surface area contributed by atoms with Gasteiger partial charge >= 0.3 is 5.97 Å². The van der Waals surface area contributed by atoms with E-state index in [0.29, 0.717) is 13.0 Å². The lowest BCUT2D eigenvalue weighted by Gasteiger charge is -2.45. The van der Waals surface area contributed by atoms with E-state index in [-0.39, 0.29) is 17.6 Å². The molecule has 21 heavy (non-hydrogen) atoms. The zero-order chi connectivity index (χ0) is 15.3. The molecule has 1 aromatic carbocycles. The number of nitrogens with zero attached hydrogens (tertiary/aromatic N) is 1. The second-order valence-electron chi connectivity index (χ2n) is 6.15. The Morgan fingerprint density at radius 1 is 1.38 bits per heavy atom. The molecule has 1 heterocycles. The van der Waals surface area contributed by atoms with Crippen LogP contribution in [0.2, 0.25) is 0 Å². The van der Waals surface area contributed by atoms with Gasteiger partial charge in [-0.25, -0.2) is 0 Å². The monoisotopic (exact) mass is 291 g/mol. The highest BCUT2D eigenvalue weighted by molar-refractivity contribution is 5.69. The van der Waals surface area contributed by atoms with Crippen molar-refractivity contribution in [2.45, 2.75) is 38.3 Å². The van der Waals surface area contributed by atoms with Crippen LogP contribution in [0.3, 0.4) is 0 Å². The first-order valence-electron chi connectivity index (χ1n) is 7.51. The number of benzene rings is 1. The van der Waals surface area contributed by atoms with E-state index < -0.39 is 0 Å². The number of hydrogen-bond acceptors (Lipinski definition) is 4. The second kappa shape index (κ2) is 7.05. The van der Waals surface area contributed by atoms with E-state index in [0.717, 1.165) is 19.5 Å². The quantitative estimate of drug-likeness (QED) is 0.782. The van der Waals surface area contributed by atoms with Crippen molar-refractivity contribution in [2.24, 2.45) is 0 Å². The fourth-order valence-corrected chi connectivity index (χ4v) is 2.68. The molecule has 4 nitrogen and oxygen atoms in total. The molecule has 0 radical (unpaired) electrons. The molecule has 0 saturated carbocycles. The van der Waals surface area contributed by atoms with Gasteiger partial charge in [-0.1, -0.05) is 30.3 Å². The Morgan fingerprint density at radius 3 is 2.76 bits per heavy atom. The molecule has 0 spiro atoms. The SMILES string of the molecule is COC(=O)CCCN1CC(c2ccccc2)OCC1(C)C.